The van der Waals surface area contributed by atoms with E-state index in [9.17, 15) is 9.59 Å². The number of rotatable bonds is 5. The Labute approximate surface area is 123 Å². The number of hydrogen-bond acceptors (Lipinski definition) is 2. The molecule has 1 amide bonds. The second-order valence-corrected chi connectivity index (χ2v) is 5.63. The molecule has 0 radical (unpaired) electrons. The summed E-state index contributed by atoms with van der Waals surface area (Å²) in [6.07, 6.45) is 3.81. The van der Waals surface area contributed by atoms with E-state index < -0.39 is 12.0 Å². The van der Waals surface area contributed by atoms with Crippen LogP contribution in [0.1, 0.15) is 43.7 Å². The molecule has 1 atom stereocenters. The molecule has 1 unspecified atom stereocenters. The Kier molecular flexibility index (Phi) is 5.01. The van der Waals surface area contributed by atoms with Crippen LogP contribution in [0, 0.1) is 5.92 Å². The van der Waals surface area contributed by atoms with E-state index in [1.165, 1.54) is 0 Å². The van der Waals surface area contributed by atoms with Crippen molar-refractivity contribution in [1.82, 2.24) is 5.32 Å². The van der Waals surface area contributed by atoms with Gasteiger partial charge in [0.15, 0.2) is 0 Å². The molecule has 0 saturated heterocycles. The molecule has 2 N–H and O–H groups in total. The van der Waals surface area contributed by atoms with Crippen LogP contribution in [0.25, 0.3) is 0 Å². The molecule has 0 heterocycles. The van der Waals surface area contributed by atoms with Gasteiger partial charge < -0.3 is 10.4 Å². The SMILES string of the molecule is O=C(O)CC(NC(=O)C1CCCC1)c1ccc(Cl)cc1. The normalized spacial score (nSPS) is 16.9. The first-order valence-electron chi connectivity index (χ1n) is 6.84. The third kappa shape index (κ3) is 3.97. The molecule has 1 aromatic carbocycles. The van der Waals surface area contributed by atoms with Crippen molar-refractivity contribution >= 4 is 23.5 Å². The molecule has 1 saturated carbocycles. The predicted molar refractivity (Wildman–Crippen MR) is 76.5 cm³/mol. The van der Waals surface area contributed by atoms with E-state index in [2.05, 4.69) is 5.32 Å². The molecule has 1 aromatic rings. The number of amides is 1. The van der Waals surface area contributed by atoms with Crippen molar-refractivity contribution in [2.75, 3.05) is 0 Å². The van der Waals surface area contributed by atoms with Crippen molar-refractivity contribution in [3.05, 3.63) is 34.9 Å². The maximum absolute atomic E-state index is 12.1. The summed E-state index contributed by atoms with van der Waals surface area (Å²) < 4.78 is 0. The van der Waals surface area contributed by atoms with Crippen LogP contribution in [0.15, 0.2) is 24.3 Å². The first-order chi connectivity index (χ1) is 9.56. The Bertz CT molecular complexity index is 480. The summed E-state index contributed by atoms with van der Waals surface area (Å²) >= 11 is 5.83. The number of carbonyl (C=O) groups excluding carboxylic acids is 1. The van der Waals surface area contributed by atoms with E-state index in [1.807, 2.05) is 0 Å². The van der Waals surface area contributed by atoms with E-state index in [4.69, 9.17) is 16.7 Å². The highest BCUT2D eigenvalue weighted by Gasteiger charge is 2.26. The number of carboxylic acids is 1. The van der Waals surface area contributed by atoms with Crippen molar-refractivity contribution in [3.8, 4) is 0 Å². The van der Waals surface area contributed by atoms with E-state index in [1.54, 1.807) is 24.3 Å². The molecular formula is C15H18ClNO3. The summed E-state index contributed by atoms with van der Waals surface area (Å²) in [5.74, 6) is -0.945. The topological polar surface area (TPSA) is 66.4 Å². The van der Waals surface area contributed by atoms with Gasteiger partial charge in [-0.3, -0.25) is 9.59 Å². The number of carbonyl (C=O) groups is 2. The Hall–Kier alpha value is -1.55. The number of hydrogen-bond donors (Lipinski definition) is 2. The van der Waals surface area contributed by atoms with E-state index >= 15 is 0 Å². The zero-order valence-corrected chi connectivity index (χ0v) is 11.9. The summed E-state index contributed by atoms with van der Waals surface area (Å²) in [5.41, 5.74) is 0.767. The number of aliphatic carboxylic acids is 1. The van der Waals surface area contributed by atoms with Crippen molar-refractivity contribution in [2.24, 2.45) is 5.92 Å². The quantitative estimate of drug-likeness (QED) is 0.877. The monoisotopic (exact) mass is 295 g/mol. The van der Waals surface area contributed by atoms with Gasteiger partial charge in [-0.05, 0) is 30.5 Å². The molecule has 0 aliphatic heterocycles. The maximum atomic E-state index is 12.1. The Morgan fingerprint density at radius 2 is 1.85 bits per heavy atom. The molecular weight excluding hydrogens is 278 g/mol. The second-order valence-electron chi connectivity index (χ2n) is 5.19. The molecule has 0 spiro atoms. The van der Waals surface area contributed by atoms with Crippen LogP contribution < -0.4 is 5.32 Å². The first-order valence-corrected chi connectivity index (χ1v) is 7.21. The van der Waals surface area contributed by atoms with Crippen molar-refractivity contribution in [2.45, 2.75) is 38.1 Å². The lowest BCUT2D eigenvalue weighted by Crippen LogP contribution is -2.34. The number of nitrogens with one attached hydrogen (secondary N) is 1. The fraction of sp³-hybridized carbons (Fsp3) is 0.467. The van der Waals surface area contributed by atoms with Crippen LogP contribution >= 0.6 is 11.6 Å². The third-order valence-corrected chi connectivity index (χ3v) is 3.95. The second kappa shape index (κ2) is 6.75. The molecule has 20 heavy (non-hydrogen) atoms. The van der Waals surface area contributed by atoms with Gasteiger partial charge >= 0.3 is 5.97 Å². The van der Waals surface area contributed by atoms with E-state index in [-0.39, 0.29) is 18.2 Å². The minimum Gasteiger partial charge on any atom is -0.481 e. The average molecular weight is 296 g/mol. The molecule has 2 rings (SSSR count). The van der Waals surface area contributed by atoms with Gasteiger partial charge in [0.05, 0.1) is 12.5 Å². The van der Waals surface area contributed by atoms with Crippen LogP contribution in [0.3, 0.4) is 0 Å². The lowest BCUT2D eigenvalue weighted by molar-refractivity contribution is -0.137. The van der Waals surface area contributed by atoms with Crippen LogP contribution in [0.2, 0.25) is 5.02 Å². The lowest BCUT2D eigenvalue weighted by atomic mass is 10.0. The first kappa shape index (κ1) is 14.9. The molecule has 108 valence electrons. The smallest absolute Gasteiger partial charge is 0.305 e. The predicted octanol–water partition coefficient (Wildman–Crippen LogP) is 3.16. The molecule has 0 aromatic heterocycles. The van der Waals surface area contributed by atoms with Gasteiger partial charge in [-0.15, -0.1) is 0 Å². The highest BCUT2D eigenvalue weighted by Crippen LogP contribution is 2.26. The largest absolute Gasteiger partial charge is 0.481 e. The van der Waals surface area contributed by atoms with Crippen LogP contribution in [0.4, 0.5) is 0 Å². The summed E-state index contributed by atoms with van der Waals surface area (Å²) in [5, 5.41) is 12.5. The molecule has 4 nitrogen and oxygen atoms in total. The van der Waals surface area contributed by atoms with E-state index in [0.29, 0.717) is 5.02 Å². The number of halogens is 1. The summed E-state index contributed by atoms with van der Waals surface area (Å²) in [4.78, 5) is 23.1. The minimum absolute atomic E-state index is 0.0265. The molecule has 1 fully saturated rings. The van der Waals surface area contributed by atoms with Crippen molar-refractivity contribution < 1.29 is 14.7 Å². The van der Waals surface area contributed by atoms with Gasteiger partial charge in [0.2, 0.25) is 5.91 Å². The van der Waals surface area contributed by atoms with Gasteiger partial charge in [-0.2, -0.15) is 0 Å². The Morgan fingerprint density at radius 3 is 2.40 bits per heavy atom. The van der Waals surface area contributed by atoms with Crippen LogP contribution in [-0.4, -0.2) is 17.0 Å². The maximum Gasteiger partial charge on any atom is 0.305 e. The highest BCUT2D eigenvalue weighted by atomic mass is 35.5. The minimum atomic E-state index is -0.934. The van der Waals surface area contributed by atoms with Crippen molar-refractivity contribution in [3.63, 3.8) is 0 Å². The van der Waals surface area contributed by atoms with Gasteiger partial charge in [-0.1, -0.05) is 36.6 Å². The van der Waals surface area contributed by atoms with Crippen molar-refractivity contribution in [1.29, 1.82) is 0 Å². The zero-order chi connectivity index (χ0) is 14.5. The highest BCUT2D eigenvalue weighted by molar-refractivity contribution is 6.30. The van der Waals surface area contributed by atoms with Gasteiger partial charge in [-0.25, -0.2) is 0 Å². The summed E-state index contributed by atoms with van der Waals surface area (Å²) in [6, 6.07) is 6.41. The van der Waals surface area contributed by atoms with Gasteiger partial charge in [0, 0.05) is 10.9 Å². The van der Waals surface area contributed by atoms with Crippen LogP contribution in [-0.2, 0) is 9.59 Å². The standard InChI is InChI=1S/C15H18ClNO3/c16-12-7-5-10(6-8-12)13(9-14(18)19)17-15(20)11-3-1-2-4-11/h5-8,11,13H,1-4,9H2,(H,17,20)(H,18,19). The Balaban J connectivity index is 2.08. The number of benzene rings is 1. The van der Waals surface area contributed by atoms with E-state index in [0.717, 1.165) is 31.2 Å². The molecule has 5 heteroatoms. The fourth-order valence-electron chi connectivity index (χ4n) is 2.60. The van der Waals surface area contributed by atoms with Crippen LogP contribution in [0.5, 0.6) is 0 Å². The van der Waals surface area contributed by atoms with Gasteiger partial charge in [0.1, 0.15) is 0 Å². The molecule has 1 aliphatic carbocycles. The number of carboxylic acid groups (broad SMARTS) is 1. The Morgan fingerprint density at radius 1 is 1.25 bits per heavy atom. The zero-order valence-electron chi connectivity index (χ0n) is 11.1. The summed E-state index contributed by atoms with van der Waals surface area (Å²) in [7, 11) is 0. The summed E-state index contributed by atoms with van der Waals surface area (Å²) in [6.45, 7) is 0. The third-order valence-electron chi connectivity index (χ3n) is 3.69. The lowest BCUT2D eigenvalue weighted by Gasteiger charge is -2.20. The molecule has 1 aliphatic rings. The molecule has 0 bridgehead atoms. The fourth-order valence-corrected chi connectivity index (χ4v) is 2.73. The van der Waals surface area contributed by atoms with Gasteiger partial charge in [0.25, 0.3) is 0 Å². The average Bonchev–Trinajstić information content (AvgIpc) is 2.92.